The van der Waals surface area contributed by atoms with Crippen LogP contribution in [0.3, 0.4) is 0 Å². The molecule has 1 unspecified atom stereocenters. The van der Waals surface area contributed by atoms with Gasteiger partial charge in [0.15, 0.2) is 0 Å². The van der Waals surface area contributed by atoms with Crippen molar-refractivity contribution in [2.45, 2.75) is 5.25 Å². The summed E-state index contributed by atoms with van der Waals surface area (Å²) < 4.78 is 0. The van der Waals surface area contributed by atoms with Crippen LogP contribution in [0, 0.1) is 0 Å². The molecule has 46 valence electrons. The van der Waals surface area contributed by atoms with Crippen LogP contribution in [-0.2, 0) is 0 Å². The zero-order chi connectivity index (χ0) is 6.10. The molecular formula is C8H8S. The third-order valence-electron chi connectivity index (χ3n) is 1.50. The number of hydrogen-bond acceptors (Lipinski definition) is 1. The molecule has 2 rings (SSSR count). The lowest BCUT2D eigenvalue weighted by atomic mass is 10.2. The molecule has 0 nitrogen and oxygen atoms in total. The van der Waals surface area contributed by atoms with E-state index in [9.17, 15) is 0 Å². The van der Waals surface area contributed by atoms with E-state index in [-0.39, 0.29) is 0 Å². The Labute approximate surface area is 59.3 Å². The first kappa shape index (κ1) is 5.36. The Hall–Kier alpha value is -0.430. The molecule has 1 fully saturated rings. The highest BCUT2D eigenvalue weighted by molar-refractivity contribution is 8.06. The van der Waals surface area contributed by atoms with Crippen molar-refractivity contribution in [2.24, 2.45) is 0 Å². The van der Waals surface area contributed by atoms with Gasteiger partial charge in [0.05, 0.1) is 0 Å². The van der Waals surface area contributed by atoms with Crippen molar-refractivity contribution in [2.75, 3.05) is 5.75 Å². The zero-order valence-corrected chi connectivity index (χ0v) is 5.90. The van der Waals surface area contributed by atoms with E-state index in [0.717, 1.165) is 5.25 Å². The molecule has 9 heavy (non-hydrogen) atoms. The minimum Gasteiger partial charge on any atom is -0.151 e. The van der Waals surface area contributed by atoms with Crippen LogP contribution in [0.25, 0.3) is 0 Å². The van der Waals surface area contributed by atoms with E-state index in [1.807, 2.05) is 11.8 Å². The molecule has 0 aliphatic carbocycles. The number of thioether (sulfide) groups is 1. The first-order valence-corrected chi connectivity index (χ1v) is 4.18. The van der Waals surface area contributed by atoms with Gasteiger partial charge >= 0.3 is 0 Å². The van der Waals surface area contributed by atoms with Gasteiger partial charge in [0.25, 0.3) is 0 Å². The van der Waals surface area contributed by atoms with Crippen molar-refractivity contribution in [3.63, 3.8) is 0 Å². The zero-order valence-electron chi connectivity index (χ0n) is 5.08. The van der Waals surface area contributed by atoms with Gasteiger partial charge in [-0.1, -0.05) is 30.3 Å². The number of rotatable bonds is 1. The van der Waals surface area contributed by atoms with Crippen LogP contribution in [0.5, 0.6) is 0 Å². The van der Waals surface area contributed by atoms with Crippen LogP contribution >= 0.6 is 11.8 Å². The average molecular weight is 136 g/mol. The molecule has 0 radical (unpaired) electrons. The monoisotopic (exact) mass is 136 g/mol. The third kappa shape index (κ3) is 1.11. The summed E-state index contributed by atoms with van der Waals surface area (Å²) >= 11 is 2.02. The van der Waals surface area contributed by atoms with Gasteiger partial charge in [-0.2, -0.15) is 11.8 Å². The van der Waals surface area contributed by atoms with Crippen LogP contribution < -0.4 is 0 Å². The third-order valence-corrected chi connectivity index (χ3v) is 2.44. The largest absolute Gasteiger partial charge is 0.151 e. The Kier molecular flexibility index (Phi) is 1.23. The normalized spacial score (nSPS) is 23.8. The summed E-state index contributed by atoms with van der Waals surface area (Å²) in [6, 6.07) is 10.7. The molecule has 1 aromatic carbocycles. The molecule has 1 saturated heterocycles. The average Bonchev–Trinajstić information content (AvgIpc) is 2.71. The first-order valence-electron chi connectivity index (χ1n) is 3.13. The molecule has 0 amide bonds. The molecule has 1 atom stereocenters. The second kappa shape index (κ2) is 2.07. The molecule has 1 aromatic rings. The lowest BCUT2D eigenvalue weighted by molar-refractivity contribution is 1.23. The summed E-state index contributed by atoms with van der Waals surface area (Å²) in [6.07, 6.45) is 0. The SMILES string of the molecule is c1ccc(C2CS2)cc1. The minimum atomic E-state index is 0.825. The van der Waals surface area contributed by atoms with Crippen molar-refractivity contribution in [3.05, 3.63) is 35.9 Å². The maximum atomic E-state index is 2.20. The quantitative estimate of drug-likeness (QED) is 0.534. The van der Waals surface area contributed by atoms with E-state index in [1.165, 1.54) is 11.3 Å². The Morgan fingerprint density at radius 1 is 1.22 bits per heavy atom. The summed E-state index contributed by atoms with van der Waals surface area (Å²) in [6.45, 7) is 0. The number of hydrogen-bond donors (Lipinski definition) is 0. The second-order valence-corrected chi connectivity index (χ2v) is 3.47. The topological polar surface area (TPSA) is 0 Å². The molecule has 1 heteroatoms. The van der Waals surface area contributed by atoms with Gasteiger partial charge in [-0.3, -0.25) is 0 Å². The van der Waals surface area contributed by atoms with Gasteiger partial charge < -0.3 is 0 Å². The Bertz CT molecular complexity index is 189. The molecule has 1 heterocycles. The van der Waals surface area contributed by atoms with Crippen LogP contribution in [0.15, 0.2) is 30.3 Å². The lowest BCUT2D eigenvalue weighted by Gasteiger charge is -1.90. The predicted molar refractivity (Wildman–Crippen MR) is 41.6 cm³/mol. The fourth-order valence-corrected chi connectivity index (χ4v) is 1.55. The Morgan fingerprint density at radius 2 is 1.89 bits per heavy atom. The smallest absolute Gasteiger partial charge is 0.0388 e. The number of benzene rings is 1. The van der Waals surface area contributed by atoms with Gasteiger partial charge in [0.2, 0.25) is 0 Å². The second-order valence-electron chi connectivity index (χ2n) is 2.23. The first-order chi connectivity index (χ1) is 4.47. The lowest BCUT2D eigenvalue weighted by Crippen LogP contribution is -1.74. The van der Waals surface area contributed by atoms with E-state index in [1.54, 1.807) is 0 Å². The fourth-order valence-electron chi connectivity index (χ4n) is 0.908. The van der Waals surface area contributed by atoms with Gasteiger partial charge in [0.1, 0.15) is 0 Å². The summed E-state index contributed by atoms with van der Waals surface area (Å²) in [5, 5.41) is 0.825. The van der Waals surface area contributed by atoms with Gasteiger partial charge in [-0.15, -0.1) is 0 Å². The van der Waals surface area contributed by atoms with Crippen LogP contribution in [0.1, 0.15) is 10.8 Å². The minimum absolute atomic E-state index is 0.825. The van der Waals surface area contributed by atoms with Crippen molar-refractivity contribution >= 4 is 11.8 Å². The van der Waals surface area contributed by atoms with E-state index >= 15 is 0 Å². The summed E-state index contributed by atoms with van der Waals surface area (Å²) in [5.74, 6) is 1.32. The molecule has 0 aromatic heterocycles. The van der Waals surface area contributed by atoms with E-state index in [0.29, 0.717) is 0 Å². The Morgan fingerprint density at radius 3 is 2.44 bits per heavy atom. The highest BCUT2D eigenvalue weighted by Crippen LogP contribution is 2.45. The van der Waals surface area contributed by atoms with Crippen molar-refractivity contribution in [3.8, 4) is 0 Å². The van der Waals surface area contributed by atoms with Gasteiger partial charge in [0, 0.05) is 11.0 Å². The fraction of sp³-hybridized carbons (Fsp3) is 0.250. The summed E-state index contributed by atoms with van der Waals surface area (Å²) in [4.78, 5) is 0. The van der Waals surface area contributed by atoms with Gasteiger partial charge in [-0.05, 0) is 5.56 Å². The molecule has 1 aliphatic heterocycles. The maximum Gasteiger partial charge on any atom is 0.0388 e. The van der Waals surface area contributed by atoms with Crippen LogP contribution in [0.2, 0.25) is 0 Å². The molecule has 0 saturated carbocycles. The molecule has 0 bridgehead atoms. The van der Waals surface area contributed by atoms with E-state index in [4.69, 9.17) is 0 Å². The molecule has 1 aliphatic rings. The summed E-state index contributed by atoms with van der Waals surface area (Å²) in [5.41, 5.74) is 1.49. The molecular weight excluding hydrogens is 128 g/mol. The van der Waals surface area contributed by atoms with E-state index < -0.39 is 0 Å². The Balaban J connectivity index is 2.29. The standard InChI is InChI=1S/C8H8S/c1-2-4-7(5-3-1)8-6-9-8/h1-5,8H,6H2. The van der Waals surface area contributed by atoms with Crippen molar-refractivity contribution < 1.29 is 0 Å². The van der Waals surface area contributed by atoms with Gasteiger partial charge in [-0.25, -0.2) is 0 Å². The van der Waals surface area contributed by atoms with Crippen LogP contribution in [-0.4, -0.2) is 5.75 Å². The molecule has 0 spiro atoms. The molecule has 0 N–H and O–H groups in total. The predicted octanol–water partition coefficient (Wildman–Crippen LogP) is 2.47. The van der Waals surface area contributed by atoms with Crippen molar-refractivity contribution in [1.82, 2.24) is 0 Å². The van der Waals surface area contributed by atoms with E-state index in [2.05, 4.69) is 30.3 Å². The maximum absolute atomic E-state index is 2.20. The van der Waals surface area contributed by atoms with Crippen molar-refractivity contribution in [1.29, 1.82) is 0 Å². The highest BCUT2D eigenvalue weighted by atomic mass is 32.2. The highest BCUT2D eigenvalue weighted by Gasteiger charge is 2.23. The summed E-state index contributed by atoms with van der Waals surface area (Å²) in [7, 11) is 0. The van der Waals surface area contributed by atoms with Crippen LogP contribution in [0.4, 0.5) is 0 Å².